The second-order valence-corrected chi connectivity index (χ2v) is 9.63. The normalized spacial score (nSPS) is 24.2. The molecule has 2 aliphatic carbocycles. The Morgan fingerprint density at radius 1 is 1.10 bits per heavy atom. The zero-order chi connectivity index (χ0) is 20.0. The van der Waals surface area contributed by atoms with Crippen molar-refractivity contribution in [2.45, 2.75) is 70.4 Å². The number of rotatable bonds is 4. The number of piperidine rings is 1. The number of aliphatic hydroxyl groups excluding tert-OH is 1. The van der Waals surface area contributed by atoms with Gasteiger partial charge in [0.05, 0.1) is 17.8 Å². The third-order valence-corrected chi connectivity index (χ3v) is 6.42. The molecule has 7 heteroatoms. The van der Waals surface area contributed by atoms with Crippen LogP contribution in [0.25, 0.3) is 0 Å². The van der Waals surface area contributed by atoms with Crippen molar-refractivity contribution in [2.24, 2.45) is 5.41 Å². The first-order valence-corrected chi connectivity index (χ1v) is 10.8. The van der Waals surface area contributed by atoms with E-state index in [0.29, 0.717) is 5.92 Å². The maximum Gasteiger partial charge on any atom is 0.225 e. The average Bonchev–Trinajstić information content (AvgIpc) is 3.53. The van der Waals surface area contributed by atoms with E-state index >= 15 is 0 Å². The predicted molar refractivity (Wildman–Crippen MR) is 112 cm³/mol. The Morgan fingerprint density at radius 3 is 2.66 bits per heavy atom. The lowest BCUT2D eigenvalue weighted by atomic mass is 9.74. The molecule has 1 aliphatic heterocycles. The van der Waals surface area contributed by atoms with E-state index in [-0.39, 0.29) is 17.6 Å². The summed E-state index contributed by atoms with van der Waals surface area (Å²) in [5, 5.41) is 13.4. The van der Waals surface area contributed by atoms with Gasteiger partial charge in [-0.3, -0.25) is 0 Å². The maximum absolute atomic E-state index is 9.78. The number of nitrogens with one attached hydrogen (secondary N) is 1. The van der Waals surface area contributed by atoms with Gasteiger partial charge in [0.25, 0.3) is 0 Å². The molecule has 0 spiro atoms. The first-order chi connectivity index (χ1) is 14.0. The summed E-state index contributed by atoms with van der Waals surface area (Å²) in [6.45, 7) is 6.24. The van der Waals surface area contributed by atoms with E-state index in [4.69, 9.17) is 9.97 Å². The highest BCUT2D eigenvalue weighted by atomic mass is 16.3. The predicted octanol–water partition coefficient (Wildman–Crippen LogP) is 3.23. The second kappa shape index (κ2) is 7.20. The van der Waals surface area contributed by atoms with Gasteiger partial charge in [0, 0.05) is 42.5 Å². The summed E-state index contributed by atoms with van der Waals surface area (Å²) in [5.74, 6) is 2.30. The molecular formula is C22H30N6O. The van der Waals surface area contributed by atoms with Gasteiger partial charge in [0.2, 0.25) is 5.95 Å². The molecule has 0 amide bonds. The molecule has 3 heterocycles. The smallest absolute Gasteiger partial charge is 0.225 e. The number of hydrogen-bond donors (Lipinski definition) is 2. The molecule has 1 saturated heterocycles. The summed E-state index contributed by atoms with van der Waals surface area (Å²) in [6, 6.07) is 2.25. The van der Waals surface area contributed by atoms with Gasteiger partial charge in [-0.05, 0) is 43.9 Å². The molecular weight excluding hydrogens is 364 g/mol. The molecule has 2 N–H and O–H groups in total. The average molecular weight is 395 g/mol. The molecule has 2 fully saturated rings. The van der Waals surface area contributed by atoms with Crippen molar-refractivity contribution in [1.29, 1.82) is 0 Å². The molecule has 1 atom stereocenters. The summed E-state index contributed by atoms with van der Waals surface area (Å²) in [4.78, 5) is 20.8. The minimum absolute atomic E-state index is 0.146. The van der Waals surface area contributed by atoms with Crippen LogP contribution in [0.3, 0.4) is 0 Å². The summed E-state index contributed by atoms with van der Waals surface area (Å²) in [5.41, 5.74) is 3.61. The van der Waals surface area contributed by atoms with Crippen molar-refractivity contribution in [3.8, 4) is 0 Å². The van der Waals surface area contributed by atoms with Crippen LogP contribution in [0.2, 0.25) is 0 Å². The zero-order valence-electron chi connectivity index (χ0n) is 17.3. The van der Waals surface area contributed by atoms with Crippen LogP contribution >= 0.6 is 0 Å². The SMILES string of the molecule is CC1(C)Cc2nc(N3CCC(O)CC3)ncc2C(Nc2cc(C3CC3)ncn2)C1. The standard InChI is InChI=1S/C22H30N6O/c1-22(2)10-18(26-20-9-17(14-3-4-14)24-13-25-20)16-12-23-21(27-19(16)11-22)28-7-5-15(29)6-8-28/h9,12-15,18,29H,3-8,10-11H2,1-2H3,(H,24,25,26). The number of fused-ring (bicyclic) bond motifs is 1. The number of aromatic nitrogens is 4. The molecule has 1 unspecified atom stereocenters. The van der Waals surface area contributed by atoms with Gasteiger partial charge in [-0.25, -0.2) is 19.9 Å². The van der Waals surface area contributed by atoms with Crippen molar-refractivity contribution in [3.05, 3.63) is 35.5 Å². The number of nitrogens with zero attached hydrogens (tertiary/aromatic N) is 5. The summed E-state index contributed by atoms with van der Waals surface area (Å²) < 4.78 is 0. The van der Waals surface area contributed by atoms with E-state index in [0.717, 1.165) is 61.9 Å². The van der Waals surface area contributed by atoms with Gasteiger partial charge in [0.15, 0.2) is 0 Å². The first-order valence-electron chi connectivity index (χ1n) is 10.8. The molecule has 2 aromatic rings. The Balaban J connectivity index is 1.40. The lowest BCUT2D eigenvalue weighted by Gasteiger charge is -2.37. The zero-order valence-corrected chi connectivity index (χ0v) is 17.3. The molecule has 3 aliphatic rings. The molecule has 7 nitrogen and oxygen atoms in total. The van der Waals surface area contributed by atoms with Crippen molar-refractivity contribution < 1.29 is 5.11 Å². The Hall–Kier alpha value is -2.28. The van der Waals surface area contributed by atoms with Gasteiger partial charge in [0.1, 0.15) is 12.1 Å². The number of anilines is 2. The Labute approximate surface area is 172 Å². The molecule has 2 aromatic heterocycles. The first kappa shape index (κ1) is 18.7. The van der Waals surface area contributed by atoms with Gasteiger partial charge in [-0.15, -0.1) is 0 Å². The fraction of sp³-hybridized carbons (Fsp3) is 0.636. The molecule has 29 heavy (non-hydrogen) atoms. The largest absolute Gasteiger partial charge is 0.393 e. The minimum atomic E-state index is -0.190. The van der Waals surface area contributed by atoms with Gasteiger partial charge in [-0.2, -0.15) is 0 Å². The molecule has 1 saturated carbocycles. The van der Waals surface area contributed by atoms with E-state index in [9.17, 15) is 5.11 Å². The van der Waals surface area contributed by atoms with Crippen LogP contribution in [0.4, 0.5) is 11.8 Å². The summed E-state index contributed by atoms with van der Waals surface area (Å²) >= 11 is 0. The maximum atomic E-state index is 9.78. The van der Waals surface area contributed by atoms with E-state index in [1.54, 1.807) is 6.33 Å². The van der Waals surface area contributed by atoms with Crippen LogP contribution in [-0.2, 0) is 6.42 Å². The van der Waals surface area contributed by atoms with Crippen LogP contribution < -0.4 is 10.2 Å². The van der Waals surface area contributed by atoms with Crippen LogP contribution in [0.5, 0.6) is 0 Å². The van der Waals surface area contributed by atoms with Crippen LogP contribution in [-0.4, -0.2) is 44.2 Å². The Kier molecular flexibility index (Phi) is 4.65. The van der Waals surface area contributed by atoms with Crippen molar-refractivity contribution in [1.82, 2.24) is 19.9 Å². The quantitative estimate of drug-likeness (QED) is 0.823. The third kappa shape index (κ3) is 4.06. The van der Waals surface area contributed by atoms with Gasteiger partial charge < -0.3 is 15.3 Å². The summed E-state index contributed by atoms with van der Waals surface area (Å²) in [7, 11) is 0. The van der Waals surface area contributed by atoms with Crippen molar-refractivity contribution in [3.63, 3.8) is 0 Å². The van der Waals surface area contributed by atoms with Crippen LogP contribution in [0.1, 0.15) is 74.9 Å². The minimum Gasteiger partial charge on any atom is -0.393 e. The molecule has 0 aromatic carbocycles. The highest BCUT2D eigenvalue weighted by molar-refractivity contribution is 5.44. The topological polar surface area (TPSA) is 87.1 Å². The number of hydrogen-bond acceptors (Lipinski definition) is 7. The van der Waals surface area contributed by atoms with Crippen LogP contribution in [0, 0.1) is 5.41 Å². The summed E-state index contributed by atoms with van der Waals surface area (Å²) in [6.07, 6.45) is 9.49. The second-order valence-electron chi connectivity index (χ2n) is 9.63. The molecule has 5 rings (SSSR count). The van der Waals surface area contributed by atoms with Gasteiger partial charge >= 0.3 is 0 Å². The highest BCUT2D eigenvalue weighted by Crippen LogP contribution is 2.43. The van der Waals surface area contributed by atoms with Gasteiger partial charge in [-0.1, -0.05) is 13.8 Å². The van der Waals surface area contributed by atoms with E-state index in [2.05, 4.69) is 40.1 Å². The Bertz CT molecular complexity index is 889. The molecule has 0 radical (unpaired) electrons. The Morgan fingerprint density at radius 2 is 1.90 bits per heavy atom. The van der Waals surface area contributed by atoms with Crippen LogP contribution in [0.15, 0.2) is 18.6 Å². The van der Waals surface area contributed by atoms with E-state index < -0.39 is 0 Å². The monoisotopic (exact) mass is 394 g/mol. The van der Waals surface area contributed by atoms with E-state index in [1.165, 1.54) is 18.4 Å². The van der Waals surface area contributed by atoms with Crippen molar-refractivity contribution >= 4 is 11.8 Å². The third-order valence-electron chi connectivity index (χ3n) is 6.42. The fourth-order valence-electron chi connectivity index (χ4n) is 4.62. The fourth-order valence-corrected chi connectivity index (χ4v) is 4.62. The van der Waals surface area contributed by atoms with E-state index in [1.807, 2.05) is 6.20 Å². The molecule has 154 valence electrons. The van der Waals surface area contributed by atoms with Crippen molar-refractivity contribution in [2.75, 3.05) is 23.3 Å². The lowest BCUT2D eigenvalue weighted by molar-refractivity contribution is 0.145. The highest BCUT2D eigenvalue weighted by Gasteiger charge is 2.35. The number of aliphatic hydroxyl groups is 1. The molecule has 0 bridgehead atoms. The lowest BCUT2D eigenvalue weighted by Crippen LogP contribution is -2.38.